The highest BCUT2D eigenvalue weighted by molar-refractivity contribution is 5.81. The number of benzene rings is 1. The maximum atomic E-state index is 11.0. The Morgan fingerprint density at radius 1 is 1.67 bits per heavy atom. The number of carboxylic acid groups (broad SMARTS) is 1. The highest BCUT2D eigenvalue weighted by atomic mass is 16.7. The molecule has 3 N–H and O–H groups in total. The molecule has 0 saturated carbocycles. The van der Waals surface area contributed by atoms with Crippen molar-refractivity contribution in [1.82, 2.24) is 0 Å². The second kappa shape index (κ2) is 4.58. The summed E-state index contributed by atoms with van der Waals surface area (Å²) in [4.78, 5) is 11.0. The third kappa shape index (κ3) is 1.76. The number of aliphatic carboxylic acids is 1. The Hall–Kier alpha value is -2.21. The molecule has 1 aromatic rings. The molecule has 0 unspecified atom stereocenters. The molecular formula is C12H13NO5. The van der Waals surface area contributed by atoms with Crippen molar-refractivity contribution in [3.63, 3.8) is 0 Å². The Balaban J connectivity index is 2.69. The summed E-state index contributed by atoms with van der Waals surface area (Å²) in [5.74, 6) is -0.0250. The second-order valence-corrected chi connectivity index (χ2v) is 3.67. The average molecular weight is 251 g/mol. The van der Waals surface area contributed by atoms with E-state index in [4.69, 9.17) is 25.1 Å². The largest absolute Gasteiger partial charge is 0.492 e. The molecule has 0 amide bonds. The maximum absolute atomic E-state index is 11.0. The number of nitrogens with two attached hydrogens (primary N) is 1. The Kier molecular flexibility index (Phi) is 3.12. The number of carbonyl (C=O) groups is 1. The van der Waals surface area contributed by atoms with Crippen molar-refractivity contribution in [2.45, 2.75) is 6.04 Å². The first kappa shape index (κ1) is 12.3. The zero-order valence-electron chi connectivity index (χ0n) is 9.80. The Morgan fingerprint density at radius 2 is 2.39 bits per heavy atom. The van der Waals surface area contributed by atoms with Gasteiger partial charge in [0.1, 0.15) is 6.04 Å². The molecule has 0 aliphatic carbocycles. The number of hydrogen-bond acceptors (Lipinski definition) is 5. The fourth-order valence-corrected chi connectivity index (χ4v) is 1.86. The lowest BCUT2D eigenvalue weighted by Gasteiger charge is -2.17. The molecule has 1 aromatic carbocycles. The molecular weight excluding hydrogens is 238 g/mol. The first-order valence-electron chi connectivity index (χ1n) is 5.21. The van der Waals surface area contributed by atoms with E-state index in [2.05, 4.69) is 6.58 Å². The van der Waals surface area contributed by atoms with E-state index in [1.165, 1.54) is 13.2 Å². The number of rotatable bonds is 4. The van der Waals surface area contributed by atoms with Gasteiger partial charge >= 0.3 is 5.97 Å². The van der Waals surface area contributed by atoms with E-state index in [-0.39, 0.29) is 12.5 Å². The van der Waals surface area contributed by atoms with Crippen LogP contribution in [-0.2, 0) is 4.79 Å². The highest BCUT2D eigenvalue weighted by Gasteiger charge is 2.29. The van der Waals surface area contributed by atoms with Crippen LogP contribution in [0.4, 0.5) is 0 Å². The van der Waals surface area contributed by atoms with Gasteiger partial charge in [0.05, 0.1) is 7.11 Å². The van der Waals surface area contributed by atoms with E-state index in [0.29, 0.717) is 22.6 Å². The first-order chi connectivity index (χ1) is 8.60. The minimum Gasteiger partial charge on any atom is -0.492 e. The van der Waals surface area contributed by atoms with E-state index < -0.39 is 12.0 Å². The summed E-state index contributed by atoms with van der Waals surface area (Å²) in [5, 5.41) is 9.04. The van der Waals surface area contributed by atoms with Crippen molar-refractivity contribution in [3.05, 3.63) is 23.8 Å². The van der Waals surface area contributed by atoms with Crippen molar-refractivity contribution < 1.29 is 24.1 Å². The Morgan fingerprint density at radius 3 is 2.94 bits per heavy atom. The molecule has 1 heterocycles. The molecule has 6 heteroatoms. The van der Waals surface area contributed by atoms with Crippen molar-refractivity contribution in [2.75, 3.05) is 13.9 Å². The van der Waals surface area contributed by atoms with E-state index in [1.807, 2.05) is 0 Å². The van der Waals surface area contributed by atoms with Gasteiger partial charge in [0.2, 0.25) is 12.5 Å². The summed E-state index contributed by atoms with van der Waals surface area (Å²) in [6, 6.07) is 0.415. The minimum atomic E-state index is -1.22. The van der Waals surface area contributed by atoms with Gasteiger partial charge in [-0.3, -0.25) is 4.79 Å². The van der Waals surface area contributed by atoms with Gasteiger partial charge in [0.25, 0.3) is 0 Å². The quantitative estimate of drug-likeness (QED) is 0.834. The summed E-state index contributed by atoms with van der Waals surface area (Å²) in [5.41, 5.74) is 6.53. The highest BCUT2D eigenvalue weighted by Crippen LogP contribution is 2.46. The number of ether oxygens (including phenoxy) is 3. The van der Waals surface area contributed by atoms with Crippen LogP contribution in [0.5, 0.6) is 17.2 Å². The third-order valence-electron chi connectivity index (χ3n) is 2.69. The zero-order valence-corrected chi connectivity index (χ0v) is 9.80. The predicted octanol–water partition coefficient (Wildman–Crippen LogP) is 1.15. The average Bonchev–Trinajstić information content (AvgIpc) is 2.82. The van der Waals surface area contributed by atoms with Crippen LogP contribution in [0.15, 0.2) is 12.6 Å². The number of carboxylic acids is 1. The molecule has 2 rings (SSSR count). The smallest absolute Gasteiger partial charge is 0.325 e. The number of fused-ring (bicyclic) bond motifs is 1. The lowest BCUT2D eigenvalue weighted by Crippen LogP contribution is -2.22. The van der Waals surface area contributed by atoms with Gasteiger partial charge in [0, 0.05) is 5.56 Å². The molecule has 18 heavy (non-hydrogen) atoms. The summed E-state index contributed by atoms with van der Waals surface area (Å²) < 4.78 is 15.7. The van der Waals surface area contributed by atoms with Crippen molar-refractivity contribution in [3.8, 4) is 17.2 Å². The molecule has 96 valence electrons. The van der Waals surface area contributed by atoms with Crippen LogP contribution in [0.1, 0.15) is 17.2 Å². The third-order valence-corrected chi connectivity index (χ3v) is 2.69. The maximum Gasteiger partial charge on any atom is 0.325 e. The normalized spacial score (nSPS) is 14.1. The molecule has 6 nitrogen and oxygen atoms in total. The van der Waals surface area contributed by atoms with E-state index in [1.54, 1.807) is 6.07 Å². The van der Waals surface area contributed by atoms with Crippen molar-refractivity contribution >= 4 is 12.0 Å². The molecule has 0 aromatic heterocycles. The summed E-state index contributed by atoms with van der Waals surface area (Å²) >= 11 is 0. The van der Waals surface area contributed by atoms with Gasteiger partial charge in [-0.05, 0) is 11.6 Å². The lowest BCUT2D eigenvalue weighted by molar-refractivity contribution is -0.138. The van der Waals surface area contributed by atoms with E-state index in [9.17, 15) is 4.79 Å². The van der Waals surface area contributed by atoms with Crippen LogP contribution < -0.4 is 19.9 Å². The van der Waals surface area contributed by atoms with Crippen LogP contribution in [0.3, 0.4) is 0 Å². The molecule has 0 spiro atoms. The monoisotopic (exact) mass is 251 g/mol. The topological polar surface area (TPSA) is 91.0 Å². The van der Waals surface area contributed by atoms with Crippen molar-refractivity contribution in [2.24, 2.45) is 5.73 Å². The van der Waals surface area contributed by atoms with Crippen LogP contribution in [0, 0.1) is 0 Å². The lowest BCUT2D eigenvalue weighted by atomic mass is 9.98. The van der Waals surface area contributed by atoms with Crippen molar-refractivity contribution in [1.29, 1.82) is 0 Å². The van der Waals surface area contributed by atoms with Gasteiger partial charge in [-0.2, -0.15) is 0 Å². The molecule has 1 atom stereocenters. The van der Waals surface area contributed by atoms with Crippen LogP contribution in [-0.4, -0.2) is 25.0 Å². The molecule has 1 aliphatic heterocycles. The Labute approximate surface area is 104 Å². The van der Waals surface area contributed by atoms with Gasteiger partial charge in [-0.15, -0.1) is 0 Å². The van der Waals surface area contributed by atoms with Gasteiger partial charge in [-0.1, -0.05) is 12.7 Å². The summed E-state index contributed by atoms with van der Waals surface area (Å²) in [7, 11) is 1.42. The number of methoxy groups -OCH3 is 1. The van der Waals surface area contributed by atoms with Gasteiger partial charge < -0.3 is 25.1 Å². The molecule has 0 saturated heterocycles. The van der Waals surface area contributed by atoms with E-state index in [0.717, 1.165) is 0 Å². The predicted molar refractivity (Wildman–Crippen MR) is 63.8 cm³/mol. The molecule has 1 aliphatic rings. The standard InChI is InChI=1S/C12H13NO5/c1-3-6-4-7-10(18-5-17-7)11(16-2)8(6)9(13)12(14)15/h3-4,9H,1,5,13H2,2H3,(H,14,15)/t9-/m0/s1. The van der Waals surface area contributed by atoms with Crippen LogP contribution in [0.2, 0.25) is 0 Å². The summed E-state index contributed by atoms with van der Waals surface area (Å²) in [6.07, 6.45) is 1.50. The fraction of sp³-hybridized carbons (Fsp3) is 0.250. The second-order valence-electron chi connectivity index (χ2n) is 3.67. The molecule has 0 fully saturated rings. The molecule has 0 bridgehead atoms. The summed E-state index contributed by atoms with van der Waals surface area (Å²) in [6.45, 7) is 3.70. The Bertz CT molecular complexity index is 512. The molecule has 0 radical (unpaired) electrons. The fourth-order valence-electron chi connectivity index (χ4n) is 1.86. The van der Waals surface area contributed by atoms with Crippen LogP contribution >= 0.6 is 0 Å². The van der Waals surface area contributed by atoms with Gasteiger partial charge in [-0.25, -0.2) is 0 Å². The zero-order chi connectivity index (χ0) is 13.3. The van der Waals surface area contributed by atoms with E-state index >= 15 is 0 Å². The first-order valence-corrected chi connectivity index (χ1v) is 5.21. The SMILES string of the molecule is C=Cc1cc2c(c(OC)c1[C@H](N)C(=O)O)OCO2. The van der Waals surface area contributed by atoms with Crippen LogP contribution in [0.25, 0.3) is 6.08 Å². The van der Waals surface area contributed by atoms with Gasteiger partial charge in [0.15, 0.2) is 11.5 Å². The minimum absolute atomic E-state index is 0.0635. The number of hydrogen-bond donors (Lipinski definition) is 2.